The fourth-order valence-electron chi connectivity index (χ4n) is 1.92. The van der Waals surface area contributed by atoms with E-state index in [1.165, 1.54) is 6.42 Å². The molecular weight excluding hydrogens is 112 g/mol. The molecule has 0 heterocycles. The number of rotatable bonds is 1. The summed E-state index contributed by atoms with van der Waals surface area (Å²) in [4.78, 5) is 10.2. The first-order valence-corrected chi connectivity index (χ1v) is 3.46. The lowest BCUT2D eigenvalue weighted by atomic mass is 9.95. The molecule has 0 aromatic heterocycles. The molecule has 0 spiro atoms. The third kappa shape index (κ3) is 0.640. The Hall–Kier alpha value is -0.590. The van der Waals surface area contributed by atoms with E-state index in [9.17, 15) is 4.79 Å². The van der Waals surface area contributed by atoms with E-state index in [-0.39, 0.29) is 5.92 Å². The lowest BCUT2D eigenvalue weighted by Gasteiger charge is -2.07. The number of fused-ring (bicyclic) bond motifs is 2. The summed E-state index contributed by atoms with van der Waals surface area (Å²) in [5.41, 5.74) is 0. The third-order valence-electron chi connectivity index (χ3n) is 2.43. The molecule has 0 aliphatic heterocycles. The summed E-state index contributed by atoms with van der Waals surface area (Å²) >= 11 is 0. The second kappa shape index (κ2) is 1.69. The molecule has 1 fully saturated rings. The summed E-state index contributed by atoms with van der Waals surface area (Å²) in [5, 5.41) is 0. The van der Waals surface area contributed by atoms with Gasteiger partial charge < -0.3 is 0 Å². The van der Waals surface area contributed by atoms with Crippen LogP contribution in [0.2, 0.25) is 0 Å². The maximum atomic E-state index is 10.2. The molecule has 2 aliphatic rings. The SMILES string of the molecule is O=[C][C@H]1C[C@@H]2C=C[C@H]1C2. The van der Waals surface area contributed by atoms with E-state index in [2.05, 4.69) is 18.4 Å². The molecule has 0 aromatic carbocycles. The fraction of sp³-hybridized carbons (Fsp3) is 0.625. The molecular formula is C8H9O. The van der Waals surface area contributed by atoms with Crippen molar-refractivity contribution in [3.63, 3.8) is 0 Å². The normalized spacial score (nSPS) is 46.0. The molecule has 0 saturated heterocycles. The molecule has 1 saturated carbocycles. The van der Waals surface area contributed by atoms with Gasteiger partial charge in [0.05, 0.1) is 0 Å². The zero-order chi connectivity index (χ0) is 6.27. The summed E-state index contributed by atoms with van der Waals surface area (Å²) in [7, 11) is 0. The monoisotopic (exact) mass is 121 g/mol. The van der Waals surface area contributed by atoms with Gasteiger partial charge in [0, 0.05) is 5.92 Å². The molecule has 2 aliphatic carbocycles. The van der Waals surface area contributed by atoms with Crippen LogP contribution in [0.4, 0.5) is 0 Å². The quantitative estimate of drug-likeness (QED) is 0.478. The summed E-state index contributed by atoms with van der Waals surface area (Å²) in [6.45, 7) is 0. The molecule has 0 unspecified atom stereocenters. The highest BCUT2D eigenvalue weighted by molar-refractivity contribution is 5.57. The molecule has 0 amide bonds. The first-order chi connectivity index (χ1) is 4.40. The van der Waals surface area contributed by atoms with Crippen LogP contribution in [0.3, 0.4) is 0 Å². The molecule has 1 nitrogen and oxygen atoms in total. The Morgan fingerprint density at radius 2 is 2.22 bits per heavy atom. The Morgan fingerprint density at radius 1 is 1.33 bits per heavy atom. The number of allylic oxidation sites excluding steroid dienone is 2. The Labute approximate surface area is 54.8 Å². The van der Waals surface area contributed by atoms with Crippen LogP contribution in [0.5, 0.6) is 0 Å². The van der Waals surface area contributed by atoms with Gasteiger partial charge in [0.2, 0.25) is 6.29 Å². The van der Waals surface area contributed by atoms with Gasteiger partial charge in [0.15, 0.2) is 0 Å². The zero-order valence-corrected chi connectivity index (χ0v) is 5.21. The molecule has 9 heavy (non-hydrogen) atoms. The maximum Gasteiger partial charge on any atom is 0.202 e. The van der Waals surface area contributed by atoms with E-state index in [1.807, 2.05) is 0 Å². The van der Waals surface area contributed by atoms with E-state index < -0.39 is 0 Å². The predicted octanol–water partition coefficient (Wildman–Crippen LogP) is 1.31. The van der Waals surface area contributed by atoms with Crippen molar-refractivity contribution >= 4 is 6.29 Å². The highest BCUT2D eigenvalue weighted by atomic mass is 16.1. The van der Waals surface area contributed by atoms with Crippen LogP contribution in [0, 0.1) is 17.8 Å². The largest absolute Gasteiger partial charge is 0.291 e. The first-order valence-electron chi connectivity index (χ1n) is 3.46. The van der Waals surface area contributed by atoms with E-state index in [0.717, 1.165) is 6.42 Å². The second-order valence-electron chi connectivity index (χ2n) is 3.00. The van der Waals surface area contributed by atoms with Crippen LogP contribution in [0.25, 0.3) is 0 Å². The van der Waals surface area contributed by atoms with Crippen molar-refractivity contribution in [2.45, 2.75) is 12.8 Å². The lowest BCUT2D eigenvalue weighted by molar-refractivity contribution is 0.490. The summed E-state index contributed by atoms with van der Waals surface area (Å²) in [6, 6.07) is 0. The summed E-state index contributed by atoms with van der Waals surface area (Å²) in [6.07, 6.45) is 8.77. The Morgan fingerprint density at radius 3 is 2.56 bits per heavy atom. The van der Waals surface area contributed by atoms with Crippen molar-refractivity contribution < 1.29 is 4.79 Å². The second-order valence-corrected chi connectivity index (χ2v) is 3.00. The standard InChI is InChI=1S/C8H9O/c9-5-8-4-6-1-2-7(8)3-6/h1-2,6-8H,3-4H2/t6-,7+,8-/m1/s1. The van der Waals surface area contributed by atoms with Crippen LogP contribution in [-0.2, 0) is 4.79 Å². The topological polar surface area (TPSA) is 17.1 Å². The smallest absolute Gasteiger partial charge is 0.202 e. The molecule has 3 atom stereocenters. The zero-order valence-electron chi connectivity index (χ0n) is 5.21. The molecule has 1 radical (unpaired) electrons. The number of carbonyl (C=O) groups excluding carboxylic acids is 1. The van der Waals surface area contributed by atoms with Crippen molar-refractivity contribution in [2.24, 2.45) is 17.8 Å². The molecule has 1 heteroatoms. The van der Waals surface area contributed by atoms with Crippen LogP contribution < -0.4 is 0 Å². The van der Waals surface area contributed by atoms with Gasteiger partial charge in [0.1, 0.15) is 0 Å². The van der Waals surface area contributed by atoms with Gasteiger partial charge in [-0.2, -0.15) is 0 Å². The Balaban J connectivity index is 2.19. The first kappa shape index (κ1) is 5.21. The van der Waals surface area contributed by atoms with E-state index in [4.69, 9.17) is 0 Å². The predicted molar refractivity (Wildman–Crippen MR) is 34.5 cm³/mol. The van der Waals surface area contributed by atoms with Crippen LogP contribution in [0.15, 0.2) is 12.2 Å². The summed E-state index contributed by atoms with van der Waals surface area (Å²) in [5.74, 6) is 1.49. The highest BCUT2D eigenvalue weighted by Gasteiger charge is 2.35. The van der Waals surface area contributed by atoms with Crippen LogP contribution >= 0.6 is 0 Å². The average Bonchev–Trinajstić information content (AvgIpc) is 2.45. The van der Waals surface area contributed by atoms with E-state index in [0.29, 0.717) is 11.8 Å². The highest BCUT2D eigenvalue weighted by Crippen LogP contribution is 2.42. The van der Waals surface area contributed by atoms with Crippen molar-refractivity contribution in [3.8, 4) is 0 Å². The Kier molecular flexibility index (Phi) is 0.981. The summed E-state index contributed by atoms with van der Waals surface area (Å²) < 4.78 is 0. The van der Waals surface area contributed by atoms with Crippen molar-refractivity contribution in [1.82, 2.24) is 0 Å². The number of hydrogen-bond acceptors (Lipinski definition) is 1. The Bertz CT molecular complexity index is 160. The van der Waals surface area contributed by atoms with Crippen LogP contribution in [-0.4, -0.2) is 6.29 Å². The van der Waals surface area contributed by atoms with Crippen LogP contribution in [0.1, 0.15) is 12.8 Å². The minimum Gasteiger partial charge on any atom is -0.291 e. The molecule has 47 valence electrons. The lowest BCUT2D eigenvalue weighted by Crippen LogP contribution is -2.06. The molecule has 2 rings (SSSR count). The third-order valence-corrected chi connectivity index (χ3v) is 2.43. The van der Waals surface area contributed by atoms with E-state index >= 15 is 0 Å². The van der Waals surface area contributed by atoms with Gasteiger partial charge in [0.25, 0.3) is 0 Å². The van der Waals surface area contributed by atoms with Gasteiger partial charge in [-0.15, -0.1) is 0 Å². The van der Waals surface area contributed by atoms with Gasteiger partial charge in [-0.3, -0.25) is 4.79 Å². The molecule has 0 N–H and O–H groups in total. The van der Waals surface area contributed by atoms with Gasteiger partial charge >= 0.3 is 0 Å². The molecule has 0 aromatic rings. The van der Waals surface area contributed by atoms with Crippen molar-refractivity contribution in [2.75, 3.05) is 0 Å². The average molecular weight is 121 g/mol. The number of hydrogen-bond donors (Lipinski definition) is 0. The van der Waals surface area contributed by atoms with Gasteiger partial charge in [-0.1, -0.05) is 12.2 Å². The van der Waals surface area contributed by atoms with Gasteiger partial charge in [-0.25, -0.2) is 0 Å². The minimum absolute atomic E-state index is 0.236. The fourth-order valence-corrected chi connectivity index (χ4v) is 1.92. The van der Waals surface area contributed by atoms with Crippen molar-refractivity contribution in [1.29, 1.82) is 0 Å². The van der Waals surface area contributed by atoms with E-state index in [1.54, 1.807) is 0 Å². The van der Waals surface area contributed by atoms with Gasteiger partial charge in [-0.05, 0) is 24.7 Å². The maximum absolute atomic E-state index is 10.2. The minimum atomic E-state index is 0.236. The molecule has 2 bridgehead atoms. The van der Waals surface area contributed by atoms with Crippen molar-refractivity contribution in [3.05, 3.63) is 12.2 Å².